The largest absolute Gasteiger partial charge is 0.330 e. The molecule has 0 aliphatic rings. The molecule has 2 nitrogen and oxygen atoms in total. The summed E-state index contributed by atoms with van der Waals surface area (Å²) in [6, 6.07) is 0.387. The van der Waals surface area contributed by atoms with Gasteiger partial charge in [0.1, 0.15) is 0 Å². The van der Waals surface area contributed by atoms with Crippen molar-refractivity contribution in [3.63, 3.8) is 0 Å². The number of hydrogen-bond acceptors (Lipinski definition) is 1. The van der Waals surface area contributed by atoms with Crippen molar-refractivity contribution in [3.05, 3.63) is 31.4 Å². The van der Waals surface area contributed by atoms with Gasteiger partial charge in [-0.15, -0.1) is 6.58 Å². The van der Waals surface area contributed by atoms with Crippen LogP contribution in [0.25, 0.3) is 0 Å². The van der Waals surface area contributed by atoms with Gasteiger partial charge in [0.15, 0.2) is 0 Å². The molecule has 0 bridgehead atoms. The zero-order chi connectivity index (χ0) is 8.97. The molecular formula is C10H16N2. The standard InChI is InChI=1S/C10H16N2/c1-4-9(3)10(5-2)12-7-6-11-8-12/h5-10H,2,4H2,1,3H3. The molecule has 0 spiro atoms. The molecule has 2 unspecified atom stereocenters. The van der Waals surface area contributed by atoms with Crippen molar-refractivity contribution in [2.45, 2.75) is 26.3 Å². The van der Waals surface area contributed by atoms with E-state index in [0.717, 1.165) is 6.42 Å². The molecule has 0 radical (unpaired) electrons. The van der Waals surface area contributed by atoms with E-state index in [1.165, 1.54) is 0 Å². The van der Waals surface area contributed by atoms with Crippen molar-refractivity contribution in [2.75, 3.05) is 0 Å². The van der Waals surface area contributed by atoms with Crippen LogP contribution in [-0.4, -0.2) is 9.55 Å². The maximum atomic E-state index is 4.02. The van der Waals surface area contributed by atoms with E-state index in [0.29, 0.717) is 12.0 Å². The minimum Gasteiger partial charge on any atom is -0.330 e. The molecule has 0 aliphatic heterocycles. The summed E-state index contributed by atoms with van der Waals surface area (Å²) in [6.45, 7) is 8.26. The average molecular weight is 164 g/mol. The molecule has 2 atom stereocenters. The first-order valence-corrected chi connectivity index (χ1v) is 4.39. The lowest BCUT2D eigenvalue weighted by Gasteiger charge is -2.20. The highest BCUT2D eigenvalue weighted by molar-refractivity contribution is 4.92. The minimum atomic E-state index is 0.387. The molecule has 1 rings (SSSR count). The summed E-state index contributed by atoms with van der Waals surface area (Å²) >= 11 is 0. The van der Waals surface area contributed by atoms with Crippen LogP contribution in [0, 0.1) is 5.92 Å². The van der Waals surface area contributed by atoms with Crippen LogP contribution < -0.4 is 0 Å². The Bertz CT molecular complexity index is 226. The van der Waals surface area contributed by atoms with E-state index in [4.69, 9.17) is 0 Å². The Labute approximate surface area is 73.9 Å². The fraction of sp³-hybridized carbons (Fsp3) is 0.500. The molecule has 1 aromatic rings. The Morgan fingerprint density at radius 3 is 2.83 bits per heavy atom. The van der Waals surface area contributed by atoms with Gasteiger partial charge in [0, 0.05) is 12.4 Å². The third-order valence-electron chi connectivity index (χ3n) is 2.34. The van der Waals surface area contributed by atoms with Crippen LogP contribution in [0.5, 0.6) is 0 Å². The second-order valence-corrected chi connectivity index (χ2v) is 3.12. The lowest BCUT2D eigenvalue weighted by Crippen LogP contribution is -2.12. The summed E-state index contributed by atoms with van der Waals surface area (Å²) in [5.74, 6) is 0.622. The van der Waals surface area contributed by atoms with E-state index in [9.17, 15) is 0 Å². The molecule has 2 heteroatoms. The predicted molar refractivity (Wildman–Crippen MR) is 50.9 cm³/mol. The van der Waals surface area contributed by atoms with Crippen LogP contribution >= 0.6 is 0 Å². The van der Waals surface area contributed by atoms with E-state index in [1.54, 1.807) is 6.20 Å². The lowest BCUT2D eigenvalue weighted by molar-refractivity contribution is 0.407. The summed E-state index contributed by atoms with van der Waals surface area (Å²) < 4.78 is 2.10. The zero-order valence-electron chi connectivity index (χ0n) is 7.77. The summed E-state index contributed by atoms with van der Waals surface area (Å²) in [5, 5.41) is 0. The van der Waals surface area contributed by atoms with E-state index in [2.05, 4.69) is 30.0 Å². The van der Waals surface area contributed by atoms with Crippen molar-refractivity contribution in [3.8, 4) is 0 Å². The Morgan fingerprint density at radius 2 is 2.42 bits per heavy atom. The molecule has 12 heavy (non-hydrogen) atoms. The van der Waals surface area contributed by atoms with Crippen LogP contribution in [0.15, 0.2) is 31.4 Å². The van der Waals surface area contributed by atoms with Crippen LogP contribution in [0.2, 0.25) is 0 Å². The lowest BCUT2D eigenvalue weighted by atomic mass is 9.99. The van der Waals surface area contributed by atoms with E-state index >= 15 is 0 Å². The Morgan fingerprint density at radius 1 is 1.67 bits per heavy atom. The van der Waals surface area contributed by atoms with Crippen molar-refractivity contribution < 1.29 is 0 Å². The Hall–Kier alpha value is -1.05. The summed E-state index contributed by atoms with van der Waals surface area (Å²) in [5.41, 5.74) is 0. The molecule has 0 saturated carbocycles. The Kier molecular flexibility index (Phi) is 3.09. The maximum Gasteiger partial charge on any atom is 0.0951 e. The molecule has 66 valence electrons. The van der Waals surface area contributed by atoms with Crippen molar-refractivity contribution in [1.29, 1.82) is 0 Å². The smallest absolute Gasteiger partial charge is 0.0951 e. The number of allylic oxidation sites excluding steroid dienone is 1. The molecule has 0 saturated heterocycles. The van der Waals surface area contributed by atoms with Gasteiger partial charge in [-0.1, -0.05) is 26.3 Å². The summed E-state index contributed by atoms with van der Waals surface area (Å²) in [6.07, 6.45) is 8.78. The fourth-order valence-electron chi connectivity index (χ4n) is 1.34. The Balaban J connectivity index is 2.76. The van der Waals surface area contributed by atoms with Gasteiger partial charge < -0.3 is 4.57 Å². The van der Waals surface area contributed by atoms with Gasteiger partial charge in [-0.25, -0.2) is 4.98 Å². The number of imidazole rings is 1. The van der Waals surface area contributed by atoms with Gasteiger partial charge in [-0.05, 0) is 5.92 Å². The number of nitrogens with zero attached hydrogens (tertiary/aromatic N) is 2. The fourth-order valence-corrected chi connectivity index (χ4v) is 1.34. The SMILES string of the molecule is C=CC(C(C)CC)n1ccnc1. The highest BCUT2D eigenvalue weighted by atomic mass is 15.0. The van der Waals surface area contributed by atoms with Crippen LogP contribution in [0.4, 0.5) is 0 Å². The summed E-state index contributed by atoms with van der Waals surface area (Å²) in [7, 11) is 0. The summed E-state index contributed by atoms with van der Waals surface area (Å²) in [4.78, 5) is 4.02. The first-order valence-electron chi connectivity index (χ1n) is 4.39. The third kappa shape index (κ3) is 1.76. The normalized spacial score (nSPS) is 15.5. The average Bonchev–Trinajstić information content (AvgIpc) is 2.58. The zero-order valence-corrected chi connectivity index (χ0v) is 7.77. The van der Waals surface area contributed by atoms with Crippen molar-refractivity contribution in [2.24, 2.45) is 5.92 Å². The van der Waals surface area contributed by atoms with Gasteiger partial charge in [-0.2, -0.15) is 0 Å². The molecule has 1 heterocycles. The van der Waals surface area contributed by atoms with Gasteiger partial charge in [-0.3, -0.25) is 0 Å². The third-order valence-corrected chi connectivity index (χ3v) is 2.34. The topological polar surface area (TPSA) is 17.8 Å². The van der Waals surface area contributed by atoms with E-state index in [-0.39, 0.29) is 0 Å². The molecule has 0 fully saturated rings. The van der Waals surface area contributed by atoms with E-state index < -0.39 is 0 Å². The maximum absolute atomic E-state index is 4.02. The molecular weight excluding hydrogens is 148 g/mol. The van der Waals surface area contributed by atoms with E-state index in [1.807, 2.05) is 18.6 Å². The van der Waals surface area contributed by atoms with Crippen molar-refractivity contribution >= 4 is 0 Å². The molecule has 1 aromatic heterocycles. The first-order chi connectivity index (χ1) is 5.79. The molecule has 0 aliphatic carbocycles. The second-order valence-electron chi connectivity index (χ2n) is 3.12. The highest BCUT2D eigenvalue weighted by Crippen LogP contribution is 2.21. The van der Waals surface area contributed by atoms with Crippen LogP contribution in [0.1, 0.15) is 26.3 Å². The van der Waals surface area contributed by atoms with Gasteiger partial charge in [0.25, 0.3) is 0 Å². The van der Waals surface area contributed by atoms with Gasteiger partial charge >= 0.3 is 0 Å². The van der Waals surface area contributed by atoms with Crippen molar-refractivity contribution in [1.82, 2.24) is 9.55 Å². The monoisotopic (exact) mass is 164 g/mol. The number of hydrogen-bond donors (Lipinski definition) is 0. The van der Waals surface area contributed by atoms with Crippen LogP contribution in [-0.2, 0) is 0 Å². The number of aromatic nitrogens is 2. The quantitative estimate of drug-likeness (QED) is 0.625. The highest BCUT2D eigenvalue weighted by Gasteiger charge is 2.12. The predicted octanol–water partition coefficient (Wildman–Crippen LogP) is 2.66. The van der Waals surface area contributed by atoms with Crippen LogP contribution in [0.3, 0.4) is 0 Å². The molecule has 0 N–H and O–H groups in total. The van der Waals surface area contributed by atoms with Gasteiger partial charge in [0.05, 0.1) is 12.4 Å². The first kappa shape index (κ1) is 9.04. The number of rotatable bonds is 4. The minimum absolute atomic E-state index is 0.387. The van der Waals surface area contributed by atoms with Gasteiger partial charge in [0.2, 0.25) is 0 Å². The molecule has 0 aromatic carbocycles. The molecule has 0 amide bonds. The second kappa shape index (κ2) is 4.10.